The highest BCUT2D eigenvalue weighted by Crippen LogP contribution is 2.45. The third kappa shape index (κ3) is 8.34. The van der Waals surface area contributed by atoms with E-state index in [0.717, 1.165) is 33.4 Å². The molecule has 3 N–H and O–H groups in total. The lowest BCUT2D eigenvalue weighted by Gasteiger charge is -2.16. The number of phosphoric ester groups is 1. The van der Waals surface area contributed by atoms with Gasteiger partial charge >= 0.3 is 7.82 Å². The minimum atomic E-state index is -4.53. The van der Waals surface area contributed by atoms with Crippen molar-refractivity contribution in [2.75, 3.05) is 0 Å². The molecular formula is C34H35O8P. The first kappa shape index (κ1) is 31.5. The molecule has 4 rings (SSSR count). The number of rotatable bonds is 12. The van der Waals surface area contributed by atoms with E-state index in [1.54, 1.807) is 60.7 Å². The van der Waals surface area contributed by atoms with Gasteiger partial charge in [0.05, 0.1) is 11.1 Å². The number of hydrogen-bond acceptors (Lipinski definition) is 7. The first-order chi connectivity index (χ1) is 20.3. The topological polar surface area (TPSA) is 130 Å². The van der Waals surface area contributed by atoms with Crippen molar-refractivity contribution in [1.82, 2.24) is 0 Å². The quantitative estimate of drug-likeness (QED) is 0.112. The summed E-state index contributed by atoms with van der Waals surface area (Å²) in [5.41, 5.74) is 5.61. The molecule has 0 atom stereocenters. The molecule has 0 aliphatic carbocycles. The van der Waals surface area contributed by atoms with Crippen molar-refractivity contribution < 1.29 is 38.3 Å². The van der Waals surface area contributed by atoms with Crippen molar-refractivity contribution in [2.45, 2.75) is 53.4 Å². The van der Waals surface area contributed by atoms with Gasteiger partial charge in [-0.05, 0) is 111 Å². The zero-order valence-corrected chi connectivity index (χ0v) is 25.5. The van der Waals surface area contributed by atoms with E-state index in [1.807, 2.05) is 27.7 Å². The molecule has 0 radical (unpaired) electrons. The Bertz CT molecular complexity index is 1600. The maximum Gasteiger partial charge on any atom is 0.584 e. The highest BCUT2D eigenvalue weighted by molar-refractivity contribution is 7.48. The van der Waals surface area contributed by atoms with Crippen LogP contribution >= 0.6 is 7.82 Å². The average molecular weight is 603 g/mol. The second kappa shape index (κ2) is 13.3. The molecule has 0 bridgehead atoms. The molecule has 0 aliphatic heterocycles. The van der Waals surface area contributed by atoms with E-state index in [9.17, 15) is 29.3 Å². The van der Waals surface area contributed by atoms with E-state index in [2.05, 4.69) is 0 Å². The molecule has 0 saturated heterocycles. The van der Waals surface area contributed by atoms with Crippen LogP contribution in [0.25, 0.3) is 0 Å². The summed E-state index contributed by atoms with van der Waals surface area (Å²) < 4.78 is 23.4. The SMILES string of the molecule is Cc1ccc(O)c(C(=O)CCc2ccc(OP(=O)(O)Oc3ccc(CCC(=O)c4cc(C)ccc4O)c(C)c3)cc2C)c1. The molecule has 9 heteroatoms. The summed E-state index contributed by atoms with van der Waals surface area (Å²) in [5, 5.41) is 20.0. The summed E-state index contributed by atoms with van der Waals surface area (Å²) in [5.74, 6) is -0.162. The number of benzene rings is 4. The molecule has 0 amide bonds. The number of phenols is 2. The van der Waals surface area contributed by atoms with Gasteiger partial charge in [-0.15, -0.1) is 0 Å². The smallest absolute Gasteiger partial charge is 0.507 e. The van der Waals surface area contributed by atoms with Gasteiger partial charge in [0.25, 0.3) is 0 Å². The van der Waals surface area contributed by atoms with Gasteiger partial charge in [-0.25, -0.2) is 4.57 Å². The molecule has 43 heavy (non-hydrogen) atoms. The van der Waals surface area contributed by atoms with Crippen LogP contribution in [-0.2, 0) is 17.4 Å². The van der Waals surface area contributed by atoms with E-state index in [0.29, 0.717) is 12.8 Å². The third-order valence-corrected chi connectivity index (χ3v) is 8.10. The van der Waals surface area contributed by atoms with Gasteiger partial charge in [-0.2, -0.15) is 0 Å². The van der Waals surface area contributed by atoms with Gasteiger partial charge in [0.15, 0.2) is 11.6 Å². The normalized spacial score (nSPS) is 11.3. The zero-order valence-electron chi connectivity index (χ0n) is 24.6. The molecular weight excluding hydrogens is 567 g/mol. The number of carbonyl (C=O) groups excluding carboxylic acids is 2. The second-order valence-electron chi connectivity index (χ2n) is 10.7. The number of phenolic OH excluding ortho intramolecular Hbond substituents is 2. The van der Waals surface area contributed by atoms with Crippen LogP contribution in [0.5, 0.6) is 23.0 Å². The second-order valence-corrected chi connectivity index (χ2v) is 12.0. The molecule has 4 aromatic carbocycles. The van der Waals surface area contributed by atoms with Gasteiger partial charge in [0.2, 0.25) is 0 Å². The first-order valence-corrected chi connectivity index (χ1v) is 15.4. The van der Waals surface area contributed by atoms with Crippen LogP contribution in [0.3, 0.4) is 0 Å². The molecule has 224 valence electrons. The monoisotopic (exact) mass is 602 g/mol. The lowest BCUT2D eigenvalue weighted by Crippen LogP contribution is -2.04. The Kier molecular flexibility index (Phi) is 9.74. The van der Waals surface area contributed by atoms with Crippen molar-refractivity contribution in [3.8, 4) is 23.0 Å². The highest BCUT2D eigenvalue weighted by Gasteiger charge is 2.26. The van der Waals surface area contributed by atoms with E-state index in [1.165, 1.54) is 12.1 Å². The van der Waals surface area contributed by atoms with E-state index in [4.69, 9.17) is 9.05 Å². The van der Waals surface area contributed by atoms with Crippen LogP contribution in [0.1, 0.15) is 66.9 Å². The average Bonchev–Trinajstić information content (AvgIpc) is 2.94. The number of phosphoric acid groups is 1. The summed E-state index contributed by atoms with van der Waals surface area (Å²) in [6.45, 7) is 7.33. The Balaban J connectivity index is 1.34. The molecule has 0 spiro atoms. The van der Waals surface area contributed by atoms with Crippen molar-refractivity contribution in [3.63, 3.8) is 0 Å². The summed E-state index contributed by atoms with van der Waals surface area (Å²) in [7, 11) is -4.53. The number of carbonyl (C=O) groups is 2. The maximum absolute atomic E-state index is 12.8. The minimum absolute atomic E-state index is 0.0472. The van der Waals surface area contributed by atoms with Crippen LogP contribution in [0, 0.1) is 27.7 Å². The summed E-state index contributed by atoms with van der Waals surface area (Å²) in [6, 6.07) is 19.6. The molecule has 0 unspecified atom stereocenters. The number of hydrogen-bond donors (Lipinski definition) is 3. The number of aromatic hydroxyl groups is 2. The summed E-state index contributed by atoms with van der Waals surface area (Å²) >= 11 is 0. The lowest BCUT2D eigenvalue weighted by atomic mass is 9.98. The van der Waals surface area contributed by atoms with E-state index < -0.39 is 7.82 Å². The standard InChI is InChI=1S/C34H35O8P/c1-21-5-13-31(35)29(17-21)33(37)15-9-25-7-11-27(19-23(25)3)41-43(39,40)42-28-12-8-26(24(4)20-28)10-16-34(38)30-18-22(2)6-14-32(30)36/h5-8,11-14,17-20,35-36H,9-10,15-16H2,1-4H3,(H,39,40). The molecule has 8 nitrogen and oxygen atoms in total. The van der Waals surface area contributed by atoms with Crippen molar-refractivity contribution >= 4 is 19.4 Å². The fourth-order valence-electron chi connectivity index (χ4n) is 4.81. The molecule has 4 aromatic rings. The molecule has 0 heterocycles. The van der Waals surface area contributed by atoms with Gasteiger partial charge < -0.3 is 19.3 Å². The van der Waals surface area contributed by atoms with Gasteiger partial charge in [-0.3, -0.25) is 14.5 Å². The van der Waals surface area contributed by atoms with Crippen molar-refractivity contribution in [3.05, 3.63) is 117 Å². The third-order valence-electron chi connectivity index (χ3n) is 7.22. The maximum atomic E-state index is 12.8. The van der Waals surface area contributed by atoms with Gasteiger partial charge in [0, 0.05) is 12.8 Å². The van der Waals surface area contributed by atoms with Crippen LogP contribution in [0.15, 0.2) is 72.8 Å². The minimum Gasteiger partial charge on any atom is -0.507 e. The van der Waals surface area contributed by atoms with E-state index in [-0.39, 0.29) is 58.5 Å². The fraction of sp³-hybridized carbons (Fsp3) is 0.235. The Morgan fingerprint density at radius 2 is 1.02 bits per heavy atom. The van der Waals surface area contributed by atoms with E-state index >= 15 is 0 Å². The number of aryl methyl sites for hydroxylation is 6. The van der Waals surface area contributed by atoms with Crippen LogP contribution < -0.4 is 9.05 Å². The Morgan fingerprint density at radius 3 is 1.40 bits per heavy atom. The molecule has 0 saturated carbocycles. The fourth-order valence-corrected chi connectivity index (χ4v) is 5.61. The Morgan fingerprint density at radius 1 is 0.628 bits per heavy atom. The summed E-state index contributed by atoms with van der Waals surface area (Å²) in [6.07, 6.45) is 1.24. The highest BCUT2D eigenvalue weighted by atomic mass is 31.2. The molecule has 0 aromatic heterocycles. The van der Waals surface area contributed by atoms with Gasteiger partial charge in [-0.1, -0.05) is 35.4 Å². The zero-order chi connectivity index (χ0) is 31.3. The Hall–Kier alpha value is -4.39. The number of Topliss-reactive ketones (excluding diaryl/α,β-unsaturated/α-hetero) is 2. The largest absolute Gasteiger partial charge is 0.584 e. The van der Waals surface area contributed by atoms with Crippen LogP contribution in [0.4, 0.5) is 0 Å². The lowest BCUT2D eigenvalue weighted by molar-refractivity contribution is 0.0971. The van der Waals surface area contributed by atoms with Gasteiger partial charge in [0.1, 0.15) is 23.0 Å². The predicted octanol–water partition coefficient (Wildman–Crippen LogP) is 7.52. The van der Waals surface area contributed by atoms with Crippen LogP contribution in [-0.4, -0.2) is 26.7 Å². The van der Waals surface area contributed by atoms with Crippen LogP contribution in [0.2, 0.25) is 0 Å². The molecule has 0 aliphatic rings. The molecule has 0 fully saturated rings. The first-order valence-electron chi connectivity index (χ1n) is 13.9. The summed E-state index contributed by atoms with van der Waals surface area (Å²) in [4.78, 5) is 35.7. The van der Waals surface area contributed by atoms with Crippen molar-refractivity contribution in [2.24, 2.45) is 0 Å². The number of ketones is 2. The van der Waals surface area contributed by atoms with Crippen molar-refractivity contribution in [1.29, 1.82) is 0 Å². The Labute approximate surface area is 251 Å². The predicted molar refractivity (Wildman–Crippen MR) is 164 cm³/mol.